The Labute approximate surface area is 106 Å². The van der Waals surface area contributed by atoms with Crippen LogP contribution in [0.2, 0.25) is 0 Å². The first-order chi connectivity index (χ1) is 8.28. The van der Waals surface area contributed by atoms with Crippen molar-refractivity contribution >= 4 is 23.4 Å². The molecule has 0 bridgehead atoms. The Bertz CT molecular complexity index is 365. The summed E-state index contributed by atoms with van der Waals surface area (Å²) in [5, 5.41) is 3.37. The number of hydrogen-bond acceptors (Lipinski definition) is 6. The highest BCUT2D eigenvalue weighted by Crippen LogP contribution is 2.23. The molecule has 6 heteroatoms. The van der Waals surface area contributed by atoms with Crippen molar-refractivity contribution < 1.29 is 0 Å². The highest BCUT2D eigenvalue weighted by Gasteiger charge is 2.13. The molecule has 0 saturated carbocycles. The molecule has 0 aliphatic carbocycles. The molecule has 2 heterocycles. The van der Waals surface area contributed by atoms with E-state index in [9.17, 15) is 0 Å². The van der Waals surface area contributed by atoms with Crippen molar-refractivity contribution in [3.63, 3.8) is 0 Å². The topological polar surface area (TPSA) is 75.9 Å². The smallest absolute Gasteiger partial charge is 0.145 e. The molecule has 0 unspecified atom stereocenters. The lowest BCUT2D eigenvalue weighted by Crippen LogP contribution is -2.20. The summed E-state index contributed by atoms with van der Waals surface area (Å²) >= 11 is 2.05. The molecule has 1 fully saturated rings. The number of aryl methyl sites for hydroxylation is 1. The molecule has 1 aromatic rings. The predicted octanol–water partition coefficient (Wildman–Crippen LogP) is 1.63. The molecule has 0 atom stereocenters. The highest BCUT2D eigenvalue weighted by molar-refractivity contribution is 7.99. The summed E-state index contributed by atoms with van der Waals surface area (Å²) in [6.45, 7) is 2.85. The van der Waals surface area contributed by atoms with E-state index >= 15 is 0 Å². The first-order valence-electron chi connectivity index (χ1n) is 5.92. The van der Waals surface area contributed by atoms with E-state index in [-0.39, 0.29) is 0 Å². The Morgan fingerprint density at radius 3 is 2.76 bits per heavy atom. The number of nitrogen functional groups attached to an aromatic ring is 1. The maximum Gasteiger partial charge on any atom is 0.145 e. The third kappa shape index (κ3) is 3.74. The lowest BCUT2D eigenvalue weighted by atomic mass is 10.0. The maximum absolute atomic E-state index is 5.36. The quantitative estimate of drug-likeness (QED) is 0.559. The normalized spacial score (nSPS) is 16.8. The number of thioether (sulfide) groups is 1. The van der Waals surface area contributed by atoms with E-state index in [0.29, 0.717) is 5.82 Å². The van der Waals surface area contributed by atoms with Gasteiger partial charge in [-0.25, -0.2) is 15.8 Å². The standard InChI is InChI=1S/C11H19N5S/c1-8-14-10(6-11(15-8)16-12)13-7-9-2-4-17-5-3-9/h6,9H,2-5,7,12H2,1H3,(H2,13,14,15,16). The van der Waals surface area contributed by atoms with Crippen LogP contribution in [0.15, 0.2) is 6.07 Å². The number of hydrogen-bond donors (Lipinski definition) is 3. The third-order valence-corrected chi connectivity index (χ3v) is 3.95. The van der Waals surface area contributed by atoms with Gasteiger partial charge in [0.1, 0.15) is 17.5 Å². The van der Waals surface area contributed by atoms with Crippen LogP contribution in [0, 0.1) is 12.8 Å². The minimum atomic E-state index is 0.652. The van der Waals surface area contributed by atoms with Gasteiger partial charge in [0.05, 0.1) is 0 Å². The van der Waals surface area contributed by atoms with Gasteiger partial charge in [0.2, 0.25) is 0 Å². The SMILES string of the molecule is Cc1nc(NN)cc(NCC2CCSCC2)n1. The van der Waals surface area contributed by atoms with E-state index in [1.54, 1.807) is 0 Å². The van der Waals surface area contributed by atoms with Gasteiger partial charge >= 0.3 is 0 Å². The van der Waals surface area contributed by atoms with E-state index in [1.165, 1.54) is 24.3 Å². The summed E-state index contributed by atoms with van der Waals surface area (Å²) in [5.74, 6) is 10.9. The van der Waals surface area contributed by atoms with E-state index in [0.717, 1.165) is 24.1 Å². The fourth-order valence-electron chi connectivity index (χ4n) is 1.93. The van der Waals surface area contributed by atoms with Crippen LogP contribution in [-0.2, 0) is 0 Å². The van der Waals surface area contributed by atoms with Crippen molar-refractivity contribution in [3.05, 3.63) is 11.9 Å². The van der Waals surface area contributed by atoms with Crippen molar-refractivity contribution in [2.45, 2.75) is 19.8 Å². The van der Waals surface area contributed by atoms with Gasteiger partial charge in [-0.1, -0.05) is 0 Å². The van der Waals surface area contributed by atoms with E-state index in [2.05, 4.69) is 20.7 Å². The molecule has 2 rings (SSSR count). The minimum Gasteiger partial charge on any atom is -0.370 e. The Morgan fingerprint density at radius 1 is 1.35 bits per heavy atom. The number of aromatic nitrogens is 2. The van der Waals surface area contributed by atoms with Gasteiger partial charge in [0, 0.05) is 12.6 Å². The lowest BCUT2D eigenvalue weighted by Gasteiger charge is -2.21. The monoisotopic (exact) mass is 253 g/mol. The first kappa shape index (κ1) is 12.4. The molecule has 17 heavy (non-hydrogen) atoms. The molecule has 0 radical (unpaired) electrons. The zero-order chi connectivity index (χ0) is 12.1. The highest BCUT2D eigenvalue weighted by atomic mass is 32.2. The van der Waals surface area contributed by atoms with Crippen molar-refractivity contribution in [2.24, 2.45) is 11.8 Å². The van der Waals surface area contributed by atoms with Gasteiger partial charge in [-0.2, -0.15) is 11.8 Å². The molecule has 94 valence electrons. The van der Waals surface area contributed by atoms with Crippen LogP contribution >= 0.6 is 11.8 Å². The summed E-state index contributed by atoms with van der Waals surface area (Å²) in [6.07, 6.45) is 2.59. The van der Waals surface area contributed by atoms with Crippen LogP contribution in [0.25, 0.3) is 0 Å². The average Bonchev–Trinajstić information content (AvgIpc) is 2.37. The van der Waals surface area contributed by atoms with Crippen molar-refractivity contribution in [2.75, 3.05) is 28.8 Å². The van der Waals surface area contributed by atoms with E-state index in [1.807, 2.05) is 24.8 Å². The lowest BCUT2D eigenvalue weighted by molar-refractivity contribution is 0.515. The number of nitrogens with zero attached hydrogens (tertiary/aromatic N) is 2. The summed E-state index contributed by atoms with van der Waals surface area (Å²) in [4.78, 5) is 8.50. The fourth-order valence-corrected chi connectivity index (χ4v) is 3.14. The predicted molar refractivity (Wildman–Crippen MR) is 73.1 cm³/mol. The largest absolute Gasteiger partial charge is 0.370 e. The van der Waals surface area contributed by atoms with Gasteiger partial charge < -0.3 is 10.7 Å². The summed E-state index contributed by atoms with van der Waals surface area (Å²) in [6, 6.07) is 1.84. The molecule has 4 N–H and O–H groups in total. The molecule has 0 aromatic carbocycles. The second kappa shape index (κ2) is 6.07. The van der Waals surface area contributed by atoms with Crippen LogP contribution in [-0.4, -0.2) is 28.0 Å². The van der Waals surface area contributed by atoms with E-state index in [4.69, 9.17) is 5.84 Å². The number of hydrazine groups is 1. The third-order valence-electron chi connectivity index (χ3n) is 2.90. The molecule has 1 aliphatic rings. The van der Waals surface area contributed by atoms with Gasteiger partial charge in [0.15, 0.2) is 0 Å². The van der Waals surface area contributed by atoms with Crippen LogP contribution in [0.4, 0.5) is 11.6 Å². The summed E-state index contributed by atoms with van der Waals surface area (Å²) in [5.41, 5.74) is 2.55. The van der Waals surface area contributed by atoms with Gasteiger partial charge in [-0.05, 0) is 37.2 Å². The Hall–Kier alpha value is -1.01. The molecule has 0 spiro atoms. The summed E-state index contributed by atoms with van der Waals surface area (Å²) < 4.78 is 0. The second-order valence-corrected chi connectivity index (χ2v) is 5.49. The van der Waals surface area contributed by atoms with Crippen molar-refractivity contribution in [1.29, 1.82) is 0 Å². The number of nitrogens with one attached hydrogen (secondary N) is 2. The Balaban J connectivity index is 1.91. The Kier molecular flexibility index (Phi) is 4.44. The Morgan fingerprint density at radius 2 is 2.06 bits per heavy atom. The molecular formula is C11H19N5S. The van der Waals surface area contributed by atoms with Crippen LogP contribution in [0.3, 0.4) is 0 Å². The molecule has 1 saturated heterocycles. The van der Waals surface area contributed by atoms with Gasteiger partial charge in [-0.3, -0.25) is 0 Å². The molecular weight excluding hydrogens is 234 g/mol. The first-order valence-corrected chi connectivity index (χ1v) is 7.07. The molecule has 1 aromatic heterocycles. The van der Waals surface area contributed by atoms with Crippen LogP contribution in [0.1, 0.15) is 18.7 Å². The number of anilines is 2. The van der Waals surface area contributed by atoms with Gasteiger partial charge in [0.25, 0.3) is 0 Å². The van der Waals surface area contributed by atoms with E-state index < -0.39 is 0 Å². The molecule has 5 nitrogen and oxygen atoms in total. The number of nitrogens with two attached hydrogens (primary N) is 1. The van der Waals surface area contributed by atoms with Gasteiger partial charge in [-0.15, -0.1) is 0 Å². The molecule has 1 aliphatic heterocycles. The zero-order valence-corrected chi connectivity index (χ0v) is 10.9. The fraction of sp³-hybridized carbons (Fsp3) is 0.636. The van der Waals surface area contributed by atoms with Crippen LogP contribution in [0.5, 0.6) is 0 Å². The van der Waals surface area contributed by atoms with Crippen molar-refractivity contribution in [3.8, 4) is 0 Å². The minimum absolute atomic E-state index is 0.652. The maximum atomic E-state index is 5.36. The second-order valence-electron chi connectivity index (χ2n) is 4.27. The number of rotatable bonds is 4. The summed E-state index contributed by atoms with van der Waals surface area (Å²) in [7, 11) is 0. The van der Waals surface area contributed by atoms with Crippen LogP contribution < -0.4 is 16.6 Å². The van der Waals surface area contributed by atoms with Crippen molar-refractivity contribution in [1.82, 2.24) is 9.97 Å². The molecule has 0 amide bonds. The average molecular weight is 253 g/mol. The zero-order valence-electron chi connectivity index (χ0n) is 10.1.